The molecule has 3 amide bonds. The van der Waals surface area contributed by atoms with Crippen LogP contribution in [-0.2, 0) is 25.6 Å². The van der Waals surface area contributed by atoms with Crippen LogP contribution in [0.2, 0.25) is 0 Å². The zero-order valence-corrected chi connectivity index (χ0v) is 18.2. The maximum absolute atomic E-state index is 12.5. The van der Waals surface area contributed by atoms with Crippen LogP contribution in [0.1, 0.15) is 25.8 Å². The summed E-state index contributed by atoms with van der Waals surface area (Å²) in [6.07, 6.45) is 2.50. The van der Waals surface area contributed by atoms with E-state index in [4.69, 9.17) is 10.8 Å². The first kappa shape index (κ1) is 25.4. The lowest BCUT2D eigenvalue weighted by atomic mass is 10.1. The van der Waals surface area contributed by atoms with Crippen LogP contribution in [0.15, 0.2) is 30.3 Å². The van der Waals surface area contributed by atoms with Crippen molar-refractivity contribution in [3.63, 3.8) is 0 Å². The molecule has 0 aliphatic heterocycles. The van der Waals surface area contributed by atoms with Gasteiger partial charge in [-0.2, -0.15) is 11.8 Å². The molecule has 9 nitrogen and oxygen atoms in total. The third-order valence-electron chi connectivity index (χ3n) is 4.36. The summed E-state index contributed by atoms with van der Waals surface area (Å²) < 4.78 is 0. The molecule has 0 bridgehead atoms. The fourth-order valence-corrected chi connectivity index (χ4v) is 3.00. The molecule has 0 radical (unpaired) electrons. The van der Waals surface area contributed by atoms with Crippen molar-refractivity contribution in [2.75, 3.05) is 12.0 Å². The Morgan fingerprint density at radius 2 is 1.57 bits per heavy atom. The van der Waals surface area contributed by atoms with Crippen LogP contribution < -0.4 is 21.7 Å². The van der Waals surface area contributed by atoms with E-state index in [2.05, 4.69) is 16.0 Å². The number of thioether (sulfide) groups is 1. The van der Waals surface area contributed by atoms with Crippen LogP contribution in [-0.4, -0.2) is 65.0 Å². The Morgan fingerprint density at radius 1 is 0.967 bits per heavy atom. The van der Waals surface area contributed by atoms with Gasteiger partial charge in [0.1, 0.15) is 18.1 Å². The van der Waals surface area contributed by atoms with Gasteiger partial charge in [-0.25, -0.2) is 0 Å². The molecule has 0 saturated carbocycles. The first-order valence-corrected chi connectivity index (χ1v) is 11.0. The number of hydrogen-bond acceptors (Lipinski definition) is 6. The Morgan fingerprint density at radius 3 is 2.13 bits per heavy atom. The normalized spacial score (nSPS) is 14.7. The molecule has 0 fully saturated rings. The van der Waals surface area contributed by atoms with Crippen LogP contribution >= 0.6 is 11.8 Å². The number of carboxylic acid groups (broad SMARTS) is 1. The van der Waals surface area contributed by atoms with E-state index in [1.54, 1.807) is 0 Å². The highest BCUT2D eigenvalue weighted by atomic mass is 32.2. The maximum Gasteiger partial charge on any atom is 0.325 e. The molecule has 0 aromatic heterocycles. The highest BCUT2D eigenvalue weighted by molar-refractivity contribution is 7.98. The number of aliphatic carboxylic acids is 1. The summed E-state index contributed by atoms with van der Waals surface area (Å²) >= 11 is 1.49. The van der Waals surface area contributed by atoms with Gasteiger partial charge in [0.15, 0.2) is 0 Å². The number of carbonyl (C=O) groups is 4. The van der Waals surface area contributed by atoms with E-state index in [0.29, 0.717) is 18.6 Å². The number of amides is 3. The van der Waals surface area contributed by atoms with E-state index in [-0.39, 0.29) is 0 Å². The van der Waals surface area contributed by atoms with Gasteiger partial charge in [-0.1, -0.05) is 30.3 Å². The summed E-state index contributed by atoms with van der Waals surface area (Å²) in [6, 6.07) is 5.54. The molecule has 0 aliphatic rings. The number of benzene rings is 1. The molecule has 4 unspecified atom stereocenters. The second-order valence-electron chi connectivity index (χ2n) is 6.94. The molecular formula is C20H30N4O5S. The summed E-state index contributed by atoms with van der Waals surface area (Å²) in [7, 11) is 0. The van der Waals surface area contributed by atoms with Crippen LogP contribution in [0.3, 0.4) is 0 Å². The second-order valence-corrected chi connectivity index (χ2v) is 7.92. The lowest BCUT2D eigenvalue weighted by Crippen LogP contribution is -2.56. The molecule has 1 rings (SSSR count). The maximum atomic E-state index is 12.5. The predicted molar refractivity (Wildman–Crippen MR) is 116 cm³/mol. The number of carboxylic acids is 1. The van der Waals surface area contributed by atoms with Crippen LogP contribution in [0.4, 0.5) is 0 Å². The fraction of sp³-hybridized carbons (Fsp3) is 0.500. The van der Waals surface area contributed by atoms with Gasteiger partial charge in [-0.15, -0.1) is 0 Å². The van der Waals surface area contributed by atoms with E-state index < -0.39 is 47.9 Å². The Labute approximate surface area is 180 Å². The number of rotatable bonds is 12. The van der Waals surface area contributed by atoms with Gasteiger partial charge >= 0.3 is 5.97 Å². The smallest absolute Gasteiger partial charge is 0.325 e. The summed E-state index contributed by atoms with van der Waals surface area (Å²) in [4.78, 5) is 48.1. The van der Waals surface area contributed by atoms with Crippen molar-refractivity contribution in [2.45, 2.75) is 50.9 Å². The highest BCUT2D eigenvalue weighted by Gasteiger charge is 2.27. The molecule has 0 aliphatic carbocycles. The average molecular weight is 439 g/mol. The van der Waals surface area contributed by atoms with E-state index in [9.17, 15) is 19.2 Å². The zero-order chi connectivity index (χ0) is 22.7. The molecule has 6 N–H and O–H groups in total. The van der Waals surface area contributed by atoms with Crippen LogP contribution in [0.5, 0.6) is 0 Å². The quantitative estimate of drug-likeness (QED) is 0.305. The van der Waals surface area contributed by atoms with Crippen molar-refractivity contribution in [3.8, 4) is 0 Å². The van der Waals surface area contributed by atoms with Crippen molar-refractivity contribution >= 4 is 35.5 Å². The van der Waals surface area contributed by atoms with E-state index in [1.807, 2.05) is 36.6 Å². The molecule has 0 spiro atoms. The Bertz CT molecular complexity index is 731. The van der Waals surface area contributed by atoms with E-state index in [0.717, 1.165) is 5.56 Å². The van der Waals surface area contributed by atoms with Gasteiger partial charge in [0.05, 0.1) is 6.04 Å². The molecule has 0 saturated heterocycles. The molecule has 1 aromatic rings. The zero-order valence-electron chi connectivity index (χ0n) is 17.4. The molecule has 10 heteroatoms. The Hall–Kier alpha value is -2.59. The average Bonchev–Trinajstić information content (AvgIpc) is 2.71. The van der Waals surface area contributed by atoms with Gasteiger partial charge in [0.2, 0.25) is 17.7 Å². The first-order valence-electron chi connectivity index (χ1n) is 9.58. The lowest BCUT2D eigenvalue weighted by molar-refractivity contribution is -0.141. The third kappa shape index (κ3) is 8.83. The van der Waals surface area contributed by atoms with Crippen LogP contribution in [0.25, 0.3) is 0 Å². The molecule has 166 valence electrons. The Balaban J connectivity index is 2.65. The fourth-order valence-electron chi connectivity index (χ4n) is 2.52. The second kappa shape index (κ2) is 12.9. The Kier molecular flexibility index (Phi) is 10.9. The van der Waals surface area contributed by atoms with Crippen molar-refractivity contribution in [1.29, 1.82) is 0 Å². The van der Waals surface area contributed by atoms with E-state index >= 15 is 0 Å². The van der Waals surface area contributed by atoms with Crippen molar-refractivity contribution in [3.05, 3.63) is 35.9 Å². The van der Waals surface area contributed by atoms with Gasteiger partial charge in [-0.3, -0.25) is 19.2 Å². The minimum Gasteiger partial charge on any atom is -0.480 e. The summed E-state index contributed by atoms with van der Waals surface area (Å²) in [5, 5.41) is 16.4. The van der Waals surface area contributed by atoms with Gasteiger partial charge in [-0.05, 0) is 44.3 Å². The lowest BCUT2D eigenvalue weighted by Gasteiger charge is -2.23. The number of hydrogen-bond donors (Lipinski definition) is 5. The van der Waals surface area contributed by atoms with Crippen molar-refractivity contribution in [2.24, 2.45) is 5.73 Å². The number of nitrogens with two attached hydrogens (primary N) is 1. The van der Waals surface area contributed by atoms with Crippen molar-refractivity contribution < 1.29 is 24.3 Å². The minimum absolute atomic E-state index is 0.319. The molecule has 1 aromatic carbocycles. The predicted octanol–water partition coefficient (Wildman–Crippen LogP) is -0.112. The number of carbonyl (C=O) groups excluding carboxylic acids is 3. The highest BCUT2D eigenvalue weighted by Crippen LogP contribution is 2.04. The van der Waals surface area contributed by atoms with Gasteiger partial charge in [0, 0.05) is 0 Å². The monoisotopic (exact) mass is 438 g/mol. The summed E-state index contributed by atoms with van der Waals surface area (Å²) in [5.74, 6) is -2.22. The third-order valence-corrected chi connectivity index (χ3v) is 5.00. The van der Waals surface area contributed by atoms with Gasteiger partial charge < -0.3 is 26.8 Å². The largest absolute Gasteiger partial charge is 0.480 e. The molecule has 30 heavy (non-hydrogen) atoms. The van der Waals surface area contributed by atoms with Crippen molar-refractivity contribution in [1.82, 2.24) is 16.0 Å². The SMILES string of the molecule is CSCCC(NC(=O)C(C)NC(=O)C(N)Cc1ccccc1)C(=O)NC(C)C(=O)O. The molecule has 0 heterocycles. The van der Waals surface area contributed by atoms with Crippen LogP contribution in [0, 0.1) is 0 Å². The topological polar surface area (TPSA) is 151 Å². The summed E-state index contributed by atoms with van der Waals surface area (Å²) in [6.45, 7) is 2.83. The van der Waals surface area contributed by atoms with E-state index in [1.165, 1.54) is 25.6 Å². The number of nitrogens with one attached hydrogen (secondary N) is 3. The molecular weight excluding hydrogens is 408 g/mol. The van der Waals surface area contributed by atoms with Gasteiger partial charge in [0.25, 0.3) is 0 Å². The summed E-state index contributed by atoms with van der Waals surface area (Å²) in [5.41, 5.74) is 6.83. The standard InChI is InChI=1S/C20H30N4O5S/c1-12(22-18(26)15(21)11-14-7-5-4-6-8-14)17(25)24-16(9-10-30-3)19(27)23-13(2)20(28)29/h4-8,12-13,15-16H,9-11,21H2,1-3H3,(H,22,26)(H,23,27)(H,24,25)(H,28,29). The first-order chi connectivity index (χ1) is 14.1. The minimum atomic E-state index is -1.17. The molecule has 4 atom stereocenters.